The summed E-state index contributed by atoms with van der Waals surface area (Å²) in [6.07, 6.45) is 1.72. The van der Waals surface area contributed by atoms with Crippen molar-refractivity contribution in [3.63, 3.8) is 0 Å². The second kappa shape index (κ2) is 6.33. The van der Waals surface area contributed by atoms with E-state index in [0.29, 0.717) is 16.6 Å². The van der Waals surface area contributed by atoms with E-state index >= 15 is 0 Å². The normalized spacial score (nSPS) is 16.2. The molecule has 3 rings (SSSR count). The first-order chi connectivity index (χ1) is 11.5. The highest BCUT2D eigenvalue weighted by molar-refractivity contribution is 7.80. The molecule has 1 N–H and O–H groups in total. The van der Waals surface area contributed by atoms with Gasteiger partial charge in [0.25, 0.3) is 5.91 Å². The van der Waals surface area contributed by atoms with Crippen molar-refractivity contribution in [2.75, 3.05) is 19.1 Å². The second-order valence-electron chi connectivity index (χ2n) is 5.28. The average molecular weight is 340 g/mol. The van der Waals surface area contributed by atoms with E-state index in [1.807, 2.05) is 30.3 Å². The number of amides is 1. The third-order valence-corrected chi connectivity index (χ3v) is 4.24. The Kier molecular flexibility index (Phi) is 4.22. The molecule has 1 aliphatic heterocycles. The monoisotopic (exact) mass is 340 g/mol. The van der Waals surface area contributed by atoms with Crippen molar-refractivity contribution in [1.29, 1.82) is 0 Å². The van der Waals surface area contributed by atoms with Crippen molar-refractivity contribution in [3.8, 4) is 11.5 Å². The van der Waals surface area contributed by atoms with Gasteiger partial charge in [0.1, 0.15) is 5.70 Å². The molecule has 0 atom stereocenters. The second-order valence-corrected chi connectivity index (χ2v) is 5.64. The summed E-state index contributed by atoms with van der Waals surface area (Å²) in [5.41, 5.74) is 1.92. The fraction of sp³-hybridized carbons (Fsp3) is 0.111. The van der Waals surface area contributed by atoms with E-state index in [-0.39, 0.29) is 11.7 Å². The number of phenolic OH excluding ortho intramolecular Hbond substituents is 1. The lowest BCUT2D eigenvalue weighted by Gasteiger charge is -2.16. The van der Waals surface area contributed by atoms with E-state index in [1.165, 1.54) is 18.1 Å². The molecule has 0 aromatic heterocycles. The quantitative estimate of drug-likeness (QED) is 0.688. The fourth-order valence-electron chi connectivity index (χ4n) is 2.50. The van der Waals surface area contributed by atoms with Gasteiger partial charge in [-0.25, -0.2) is 0 Å². The van der Waals surface area contributed by atoms with Gasteiger partial charge in [-0.1, -0.05) is 24.3 Å². The van der Waals surface area contributed by atoms with Gasteiger partial charge in [-0.3, -0.25) is 9.69 Å². The molecule has 1 saturated heterocycles. The van der Waals surface area contributed by atoms with E-state index in [2.05, 4.69) is 0 Å². The predicted molar refractivity (Wildman–Crippen MR) is 96.9 cm³/mol. The van der Waals surface area contributed by atoms with Crippen LogP contribution in [-0.2, 0) is 4.79 Å². The molecule has 0 bridgehead atoms. The standard InChI is InChI=1S/C18H16N2O3S/c1-19-14(10-12-8-9-15(21)16(11-12)23-2)17(22)20(18(19)24)13-6-4-3-5-7-13/h3-11,21H,1-2H3/b14-10-. The first kappa shape index (κ1) is 16.0. The SMILES string of the molecule is COc1cc(/C=C2/C(=O)N(c3ccccc3)C(=S)N2C)ccc1O. The molecule has 0 radical (unpaired) electrons. The smallest absolute Gasteiger partial charge is 0.281 e. The lowest BCUT2D eigenvalue weighted by atomic mass is 10.1. The highest BCUT2D eigenvalue weighted by Gasteiger charge is 2.36. The maximum atomic E-state index is 12.8. The Balaban J connectivity index is 2.00. The molecule has 6 heteroatoms. The van der Waals surface area contributed by atoms with E-state index in [4.69, 9.17) is 17.0 Å². The van der Waals surface area contributed by atoms with Gasteiger partial charge in [-0.2, -0.15) is 0 Å². The number of rotatable bonds is 3. The number of hydrogen-bond acceptors (Lipinski definition) is 4. The first-order valence-electron chi connectivity index (χ1n) is 7.29. The van der Waals surface area contributed by atoms with Crippen LogP contribution < -0.4 is 9.64 Å². The fourth-order valence-corrected chi connectivity index (χ4v) is 2.79. The molecular weight excluding hydrogens is 324 g/mol. The van der Waals surface area contributed by atoms with Gasteiger partial charge in [0, 0.05) is 7.05 Å². The number of anilines is 1. The van der Waals surface area contributed by atoms with E-state index < -0.39 is 0 Å². The molecule has 1 aliphatic rings. The van der Waals surface area contributed by atoms with Gasteiger partial charge >= 0.3 is 0 Å². The molecule has 0 unspecified atom stereocenters. The lowest BCUT2D eigenvalue weighted by Crippen LogP contribution is -2.30. The van der Waals surface area contributed by atoms with Crippen LogP contribution in [0.25, 0.3) is 6.08 Å². The molecule has 0 aliphatic carbocycles. The summed E-state index contributed by atoms with van der Waals surface area (Å²) in [5.74, 6) is 0.202. The zero-order valence-electron chi connectivity index (χ0n) is 13.3. The highest BCUT2D eigenvalue weighted by Crippen LogP contribution is 2.30. The molecule has 0 spiro atoms. The molecule has 1 amide bonds. The van der Waals surface area contributed by atoms with Crippen molar-refractivity contribution in [1.82, 2.24) is 4.90 Å². The average Bonchev–Trinajstić information content (AvgIpc) is 2.80. The number of hydrogen-bond donors (Lipinski definition) is 1. The minimum Gasteiger partial charge on any atom is -0.504 e. The van der Waals surface area contributed by atoms with Crippen molar-refractivity contribution < 1.29 is 14.6 Å². The third-order valence-electron chi connectivity index (χ3n) is 3.78. The number of carbonyl (C=O) groups excluding carboxylic acids is 1. The zero-order chi connectivity index (χ0) is 17.3. The Morgan fingerprint density at radius 2 is 1.88 bits per heavy atom. The zero-order valence-corrected chi connectivity index (χ0v) is 14.1. The lowest BCUT2D eigenvalue weighted by molar-refractivity contribution is -0.114. The van der Waals surface area contributed by atoms with Crippen molar-refractivity contribution in [2.45, 2.75) is 0 Å². The molecule has 1 heterocycles. The van der Waals surface area contributed by atoms with Crippen LogP contribution in [0, 0.1) is 0 Å². The van der Waals surface area contributed by atoms with E-state index in [9.17, 15) is 9.90 Å². The van der Waals surface area contributed by atoms with Gasteiger partial charge in [-0.05, 0) is 48.1 Å². The summed E-state index contributed by atoms with van der Waals surface area (Å²) in [4.78, 5) is 16.0. The molecule has 2 aromatic carbocycles. The number of para-hydroxylation sites is 1. The molecule has 0 saturated carbocycles. The number of likely N-dealkylation sites (N-methyl/N-ethyl adjacent to an activating group) is 1. The molecule has 1 fully saturated rings. The van der Waals surface area contributed by atoms with Crippen LogP contribution in [0.3, 0.4) is 0 Å². The molecule has 24 heavy (non-hydrogen) atoms. The molecule has 5 nitrogen and oxygen atoms in total. The van der Waals surface area contributed by atoms with E-state index in [1.54, 1.807) is 30.2 Å². The van der Waals surface area contributed by atoms with Crippen LogP contribution in [0.1, 0.15) is 5.56 Å². The maximum absolute atomic E-state index is 12.8. The van der Waals surface area contributed by atoms with Gasteiger partial charge < -0.3 is 14.7 Å². The summed E-state index contributed by atoms with van der Waals surface area (Å²) < 4.78 is 5.10. The van der Waals surface area contributed by atoms with Crippen molar-refractivity contribution in [2.24, 2.45) is 0 Å². The number of methoxy groups -OCH3 is 1. The Labute approximate surface area is 145 Å². The summed E-state index contributed by atoms with van der Waals surface area (Å²) in [6, 6.07) is 14.2. The van der Waals surface area contributed by atoms with Gasteiger partial charge in [0.15, 0.2) is 16.6 Å². The Bertz CT molecular complexity index is 833. The number of ether oxygens (including phenoxy) is 1. The molecular formula is C18H16N2O3S. The van der Waals surface area contributed by atoms with Gasteiger partial charge in [0.2, 0.25) is 0 Å². The van der Waals surface area contributed by atoms with Crippen LogP contribution >= 0.6 is 12.2 Å². The summed E-state index contributed by atoms with van der Waals surface area (Å²) in [7, 11) is 3.23. The number of carbonyl (C=O) groups is 1. The predicted octanol–water partition coefficient (Wildman–Crippen LogP) is 3.01. The number of nitrogens with zero attached hydrogens (tertiary/aromatic N) is 2. The minimum atomic E-state index is -0.194. The van der Waals surface area contributed by atoms with E-state index in [0.717, 1.165) is 11.3 Å². The molecule has 2 aromatic rings. The Hall–Kier alpha value is -2.86. The van der Waals surface area contributed by atoms with Crippen LogP contribution in [0.2, 0.25) is 0 Å². The van der Waals surface area contributed by atoms with Crippen LogP contribution in [-0.4, -0.2) is 35.2 Å². The number of benzene rings is 2. The Morgan fingerprint density at radius 3 is 2.54 bits per heavy atom. The van der Waals surface area contributed by atoms with Gasteiger partial charge in [-0.15, -0.1) is 0 Å². The topological polar surface area (TPSA) is 53.0 Å². The summed E-state index contributed by atoms with van der Waals surface area (Å²) in [6.45, 7) is 0. The molecule has 122 valence electrons. The van der Waals surface area contributed by atoms with Crippen LogP contribution in [0.15, 0.2) is 54.2 Å². The number of thiocarbonyl (C=S) groups is 1. The Morgan fingerprint density at radius 1 is 1.17 bits per heavy atom. The third kappa shape index (κ3) is 2.72. The minimum absolute atomic E-state index is 0.0483. The highest BCUT2D eigenvalue weighted by atomic mass is 32.1. The summed E-state index contributed by atoms with van der Waals surface area (Å²) in [5, 5.41) is 10.1. The summed E-state index contributed by atoms with van der Waals surface area (Å²) >= 11 is 5.41. The van der Waals surface area contributed by atoms with Crippen molar-refractivity contribution >= 4 is 35.0 Å². The maximum Gasteiger partial charge on any atom is 0.281 e. The number of aromatic hydroxyl groups is 1. The first-order valence-corrected chi connectivity index (χ1v) is 7.69. The van der Waals surface area contributed by atoms with Crippen LogP contribution in [0.5, 0.6) is 11.5 Å². The number of phenols is 1. The largest absolute Gasteiger partial charge is 0.504 e. The van der Waals surface area contributed by atoms with Gasteiger partial charge in [0.05, 0.1) is 12.8 Å². The van der Waals surface area contributed by atoms with Crippen molar-refractivity contribution in [3.05, 3.63) is 59.8 Å². The van der Waals surface area contributed by atoms with Crippen LogP contribution in [0.4, 0.5) is 5.69 Å².